The first-order valence-corrected chi connectivity index (χ1v) is 8.92. The lowest BCUT2D eigenvalue weighted by Crippen LogP contribution is -2.51. The number of carbonyl (C=O) groups is 1. The molecule has 2 N–H and O–H groups in total. The third-order valence-corrected chi connectivity index (χ3v) is 4.46. The summed E-state index contributed by atoms with van der Waals surface area (Å²) in [5, 5.41) is 12.0. The molecule has 10 heteroatoms. The van der Waals surface area contributed by atoms with E-state index in [1.165, 1.54) is 30.5 Å². The largest absolute Gasteiger partial charge is 0.487 e. The molecular formula is C16H13ClF2IN3O3. The van der Waals surface area contributed by atoms with Gasteiger partial charge >= 0.3 is 5.57 Å². The van der Waals surface area contributed by atoms with Gasteiger partial charge in [-0.05, 0) is 52.9 Å². The number of aliphatic hydroxyl groups is 1. The molecule has 0 atom stereocenters. The number of anilines is 2. The molecule has 1 aliphatic heterocycles. The highest BCUT2D eigenvalue weighted by Gasteiger charge is 2.28. The number of ether oxygens (including phenoxy) is 1. The SMILES string of the molecule is O=C(Nc1ccc(OC(F)(F)Cl)cc1)c1cnc(N2CC(O)C2)c(I)c1. The van der Waals surface area contributed by atoms with Crippen molar-refractivity contribution in [2.24, 2.45) is 0 Å². The number of hydrogen-bond donors (Lipinski definition) is 2. The zero-order chi connectivity index (χ0) is 18.9. The first-order valence-electron chi connectivity index (χ1n) is 7.47. The minimum Gasteiger partial charge on any atom is -0.420 e. The number of alkyl halides is 3. The highest BCUT2D eigenvalue weighted by molar-refractivity contribution is 14.1. The zero-order valence-corrected chi connectivity index (χ0v) is 16.0. The summed E-state index contributed by atoms with van der Waals surface area (Å²) in [5.74, 6) is 0.207. The predicted octanol–water partition coefficient (Wildman–Crippen LogP) is 3.29. The van der Waals surface area contributed by atoms with Crippen molar-refractivity contribution in [1.29, 1.82) is 0 Å². The molecule has 6 nitrogen and oxygen atoms in total. The Kier molecular flexibility index (Phi) is 5.49. The number of nitrogens with zero attached hydrogens (tertiary/aromatic N) is 2. The third-order valence-electron chi connectivity index (χ3n) is 3.59. The zero-order valence-electron chi connectivity index (χ0n) is 13.1. The number of hydrogen-bond acceptors (Lipinski definition) is 5. The fourth-order valence-electron chi connectivity index (χ4n) is 2.36. The third kappa shape index (κ3) is 4.71. The van der Waals surface area contributed by atoms with Crippen LogP contribution < -0.4 is 15.0 Å². The highest BCUT2D eigenvalue weighted by atomic mass is 127. The van der Waals surface area contributed by atoms with Gasteiger partial charge in [0.15, 0.2) is 0 Å². The van der Waals surface area contributed by atoms with E-state index in [1.54, 1.807) is 6.07 Å². The maximum atomic E-state index is 12.6. The molecule has 1 saturated heterocycles. The normalized spacial score (nSPS) is 14.7. The molecule has 1 aliphatic rings. The Morgan fingerprint density at radius 2 is 2.04 bits per heavy atom. The van der Waals surface area contributed by atoms with Crippen LogP contribution in [-0.4, -0.2) is 40.8 Å². The first kappa shape index (κ1) is 19.1. The molecule has 1 amide bonds. The topological polar surface area (TPSA) is 74.7 Å². The molecule has 2 heterocycles. The lowest BCUT2D eigenvalue weighted by atomic mass is 10.1. The summed E-state index contributed by atoms with van der Waals surface area (Å²) in [4.78, 5) is 18.5. The van der Waals surface area contributed by atoms with E-state index in [1.807, 2.05) is 4.90 Å². The number of benzene rings is 1. The summed E-state index contributed by atoms with van der Waals surface area (Å²) < 4.78 is 30.1. The van der Waals surface area contributed by atoms with Crippen LogP contribution in [0.3, 0.4) is 0 Å². The van der Waals surface area contributed by atoms with Gasteiger partial charge in [-0.15, -0.1) is 8.78 Å². The number of pyridine rings is 1. The van der Waals surface area contributed by atoms with Gasteiger partial charge in [0.05, 0.1) is 15.2 Å². The van der Waals surface area contributed by atoms with Gasteiger partial charge in [-0.3, -0.25) is 4.79 Å². The Balaban J connectivity index is 1.65. The van der Waals surface area contributed by atoms with Crippen molar-refractivity contribution in [3.8, 4) is 5.75 Å². The lowest BCUT2D eigenvalue weighted by Gasteiger charge is -2.37. The van der Waals surface area contributed by atoms with Crippen LogP contribution >= 0.6 is 34.2 Å². The van der Waals surface area contributed by atoms with Gasteiger partial charge in [0.1, 0.15) is 11.6 Å². The van der Waals surface area contributed by atoms with Gasteiger partial charge < -0.3 is 20.1 Å². The van der Waals surface area contributed by atoms with Crippen LogP contribution in [-0.2, 0) is 0 Å². The van der Waals surface area contributed by atoms with E-state index in [4.69, 9.17) is 11.6 Å². The number of rotatable bonds is 5. The maximum absolute atomic E-state index is 12.6. The molecular weight excluding hydrogens is 483 g/mol. The van der Waals surface area contributed by atoms with Crippen molar-refractivity contribution in [1.82, 2.24) is 4.98 Å². The summed E-state index contributed by atoms with van der Waals surface area (Å²) in [6, 6.07) is 7.07. The molecule has 0 saturated carbocycles. The number of aromatic nitrogens is 1. The Hall–Kier alpha value is -1.72. The Bertz CT molecular complexity index is 811. The first-order chi connectivity index (χ1) is 12.2. The maximum Gasteiger partial charge on any atom is 0.487 e. The van der Waals surface area contributed by atoms with Crippen molar-refractivity contribution >= 4 is 51.6 Å². The molecule has 1 aromatic heterocycles. The molecule has 0 bridgehead atoms. The summed E-state index contributed by atoms with van der Waals surface area (Å²) in [7, 11) is 0. The standard InChI is InChI=1S/C16H13ClF2IN3O3/c17-16(18,19)26-12-3-1-10(2-4-12)22-15(25)9-5-13(20)14(21-6-9)23-7-11(24)8-23/h1-6,11,24H,7-8H2,(H,22,25). The molecule has 1 fully saturated rings. The summed E-state index contributed by atoms with van der Waals surface area (Å²) in [6.07, 6.45) is 1.10. The molecule has 3 rings (SSSR count). The van der Waals surface area contributed by atoms with E-state index in [0.717, 1.165) is 9.39 Å². The number of halogens is 4. The molecule has 26 heavy (non-hydrogen) atoms. The lowest BCUT2D eigenvalue weighted by molar-refractivity contribution is -0.0964. The molecule has 138 valence electrons. The molecule has 2 aromatic rings. The molecule has 0 aliphatic carbocycles. The molecule has 1 aromatic carbocycles. The van der Waals surface area contributed by atoms with Crippen molar-refractivity contribution in [2.75, 3.05) is 23.3 Å². The number of β-amino-alcohol motifs (C(OH)–C–C–N with tert-alkyl or cyclic N) is 1. The van der Waals surface area contributed by atoms with Gasteiger partial charge in [-0.25, -0.2) is 4.98 Å². The minimum atomic E-state index is -3.79. The van der Waals surface area contributed by atoms with Gasteiger partial charge in [-0.2, -0.15) is 0 Å². The monoisotopic (exact) mass is 495 g/mol. The quantitative estimate of drug-likeness (QED) is 0.492. The van der Waals surface area contributed by atoms with Gasteiger partial charge in [0.2, 0.25) is 0 Å². The number of carbonyl (C=O) groups excluding carboxylic acids is 1. The summed E-state index contributed by atoms with van der Waals surface area (Å²) in [5.41, 5.74) is -3.03. The second kappa shape index (κ2) is 7.49. The van der Waals surface area contributed by atoms with Crippen molar-refractivity contribution in [3.05, 3.63) is 45.7 Å². The highest BCUT2D eigenvalue weighted by Crippen LogP contribution is 2.27. The van der Waals surface area contributed by atoms with E-state index in [9.17, 15) is 18.7 Å². The number of aliphatic hydroxyl groups excluding tert-OH is 1. The minimum absolute atomic E-state index is 0.125. The van der Waals surface area contributed by atoms with E-state index in [-0.39, 0.29) is 17.8 Å². The van der Waals surface area contributed by atoms with Crippen LogP contribution in [0.5, 0.6) is 5.75 Å². The fourth-order valence-corrected chi connectivity index (χ4v) is 3.26. The van der Waals surface area contributed by atoms with E-state index in [0.29, 0.717) is 24.3 Å². The van der Waals surface area contributed by atoms with E-state index < -0.39 is 5.57 Å². The van der Waals surface area contributed by atoms with Crippen LogP contribution in [0.15, 0.2) is 36.5 Å². The van der Waals surface area contributed by atoms with Crippen LogP contribution in [0, 0.1) is 3.57 Å². The van der Waals surface area contributed by atoms with Crippen molar-refractivity contribution < 1.29 is 23.4 Å². The predicted molar refractivity (Wildman–Crippen MR) is 101 cm³/mol. The summed E-state index contributed by atoms with van der Waals surface area (Å²) >= 11 is 6.77. The Morgan fingerprint density at radius 1 is 1.38 bits per heavy atom. The molecule has 0 spiro atoms. The van der Waals surface area contributed by atoms with Crippen LogP contribution in [0.4, 0.5) is 20.3 Å². The second-order valence-electron chi connectivity index (χ2n) is 5.61. The van der Waals surface area contributed by atoms with E-state index >= 15 is 0 Å². The smallest absolute Gasteiger partial charge is 0.420 e. The van der Waals surface area contributed by atoms with Crippen LogP contribution in [0.1, 0.15) is 10.4 Å². The average molecular weight is 496 g/mol. The molecule has 0 unspecified atom stereocenters. The second-order valence-corrected chi connectivity index (χ2v) is 7.22. The summed E-state index contributed by atoms with van der Waals surface area (Å²) in [6.45, 7) is 1.04. The Labute approximate surface area is 166 Å². The molecule has 0 radical (unpaired) electrons. The van der Waals surface area contributed by atoms with Crippen LogP contribution in [0.25, 0.3) is 0 Å². The Morgan fingerprint density at radius 3 is 2.58 bits per heavy atom. The van der Waals surface area contributed by atoms with Gasteiger partial charge in [0, 0.05) is 36.6 Å². The fraction of sp³-hybridized carbons (Fsp3) is 0.250. The van der Waals surface area contributed by atoms with Crippen LogP contribution in [0.2, 0.25) is 0 Å². The number of amides is 1. The van der Waals surface area contributed by atoms with Crippen molar-refractivity contribution in [2.45, 2.75) is 11.7 Å². The van der Waals surface area contributed by atoms with E-state index in [2.05, 4.69) is 37.6 Å². The number of nitrogens with one attached hydrogen (secondary N) is 1. The average Bonchev–Trinajstić information content (AvgIpc) is 2.52. The van der Waals surface area contributed by atoms with Gasteiger partial charge in [0.25, 0.3) is 5.91 Å². The van der Waals surface area contributed by atoms with Crippen molar-refractivity contribution in [3.63, 3.8) is 0 Å². The van der Waals surface area contributed by atoms with Gasteiger partial charge in [-0.1, -0.05) is 0 Å².